The van der Waals surface area contributed by atoms with Crippen molar-refractivity contribution in [2.45, 2.75) is 11.7 Å². The third-order valence-corrected chi connectivity index (χ3v) is 5.16. The highest BCUT2D eigenvalue weighted by molar-refractivity contribution is 7.99. The highest BCUT2D eigenvalue weighted by Gasteiger charge is 2.22. The van der Waals surface area contributed by atoms with Crippen LogP contribution in [0, 0.1) is 0 Å². The van der Waals surface area contributed by atoms with E-state index in [1.807, 2.05) is 22.7 Å². The summed E-state index contributed by atoms with van der Waals surface area (Å²) in [4.78, 5) is 28.0. The third-order valence-electron chi connectivity index (χ3n) is 3.83. The lowest BCUT2D eigenvalue weighted by atomic mass is 10.1. The summed E-state index contributed by atoms with van der Waals surface area (Å²) in [6, 6.07) is 13.4. The van der Waals surface area contributed by atoms with Crippen LogP contribution in [0.3, 0.4) is 0 Å². The molecule has 1 N–H and O–H groups in total. The fourth-order valence-corrected chi connectivity index (χ4v) is 3.87. The van der Waals surface area contributed by atoms with Gasteiger partial charge in [-0.3, -0.25) is 9.59 Å². The lowest BCUT2D eigenvalue weighted by Gasteiger charge is -2.20. The van der Waals surface area contributed by atoms with Crippen LogP contribution in [0.4, 0.5) is 0 Å². The maximum atomic E-state index is 12.5. The van der Waals surface area contributed by atoms with Gasteiger partial charge in [-0.15, -0.1) is 0 Å². The minimum atomic E-state index is -0.188. The summed E-state index contributed by atoms with van der Waals surface area (Å²) >= 11 is 1.90. The van der Waals surface area contributed by atoms with Gasteiger partial charge in [0.2, 0.25) is 5.56 Å². The summed E-state index contributed by atoms with van der Waals surface area (Å²) < 4.78 is 0. The Morgan fingerprint density at radius 3 is 2.68 bits per heavy atom. The molecule has 22 heavy (non-hydrogen) atoms. The quantitative estimate of drug-likeness (QED) is 0.927. The average molecular weight is 314 g/mol. The van der Waals surface area contributed by atoms with Crippen LogP contribution < -0.4 is 5.56 Å². The minimum absolute atomic E-state index is 0.00874. The molecule has 1 aromatic carbocycles. The van der Waals surface area contributed by atoms with Crippen LogP contribution >= 0.6 is 11.8 Å². The molecule has 1 saturated heterocycles. The molecule has 0 radical (unpaired) electrons. The fourth-order valence-electron chi connectivity index (χ4n) is 2.63. The minimum Gasteiger partial charge on any atom is -0.338 e. The highest BCUT2D eigenvalue weighted by atomic mass is 32.2. The summed E-state index contributed by atoms with van der Waals surface area (Å²) in [5.74, 6) is 0.917. The van der Waals surface area contributed by atoms with E-state index in [0.717, 1.165) is 25.3 Å². The van der Waals surface area contributed by atoms with Crippen LogP contribution in [-0.4, -0.2) is 34.6 Å². The van der Waals surface area contributed by atoms with Crippen molar-refractivity contribution in [1.82, 2.24) is 9.88 Å². The van der Waals surface area contributed by atoms with Crippen molar-refractivity contribution in [3.63, 3.8) is 0 Å². The van der Waals surface area contributed by atoms with E-state index >= 15 is 0 Å². The Balaban J connectivity index is 1.68. The van der Waals surface area contributed by atoms with E-state index in [4.69, 9.17) is 0 Å². The van der Waals surface area contributed by atoms with Crippen LogP contribution in [0.2, 0.25) is 0 Å². The molecule has 4 nitrogen and oxygen atoms in total. The average Bonchev–Trinajstić information content (AvgIpc) is 2.82. The van der Waals surface area contributed by atoms with Gasteiger partial charge in [-0.2, -0.15) is 11.8 Å². The zero-order chi connectivity index (χ0) is 15.4. The Bertz CT molecular complexity index is 679. The number of nitrogens with one attached hydrogen (secondary N) is 1. The molecule has 2 aromatic rings. The molecule has 0 aliphatic carbocycles. The number of H-pyrrole nitrogens is 1. The van der Waals surface area contributed by atoms with Gasteiger partial charge in [0.15, 0.2) is 0 Å². The van der Waals surface area contributed by atoms with Gasteiger partial charge < -0.3 is 9.88 Å². The topological polar surface area (TPSA) is 53.2 Å². The SMILES string of the molecule is O=C(c1ccc(=O)[nH]c1)N1CCSC(c2ccccc2)CC1. The number of pyridine rings is 1. The number of nitrogens with zero attached hydrogens (tertiary/aromatic N) is 1. The molecule has 0 spiro atoms. The van der Waals surface area contributed by atoms with Crippen LogP contribution in [0.1, 0.15) is 27.6 Å². The predicted molar refractivity (Wildman–Crippen MR) is 89.2 cm³/mol. The number of amides is 1. The molecule has 1 aliphatic rings. The molecule has 3 rings (SSSR count). The molecule has 1 aliphatic heterocycles. The van der Waals surface area contributed by atoms with E-state index in [1.165, 1.54) is 17.8 Å². The van der Waals surface area contributed by atoms with E-state index in [1.54, 1.807) is 6.07 Å². The molecule has 1 fully saturated rings. The Labute approximate surface area is 133 Å². The summed E-state index contributed by atoms with van der Waals surface area (Å²) in [5.41, 5.74) is 1.68. The Morgan fingerprint density at radius 2 is 1.95 bits per heavy atom. The Kier molecular flexibility index (Phi) is 4.63. The molecule has 1 amide bonds. The van der Waals surface area contributed by atoms with E-state index in [0.29, 0.717) is 10.8 Å². The first-order chi connectivity index (χ1) is 10.7. The van der Waals surface area contributed by atoms with Crippen molar-refractivity contribution in [2.75, 3.05) is 18.8 Å². The maximum Gasteiger partial charge on any atom is 0.255 e. The van der Waals surface area contributed by atoms with Crippen LogP contribution in [0.15, 0.2) is 53.5 Å². The summed E-state index contributed by atoms with van der Waals surface area (Å²) in [7, 11) is 0. The van der Waals surface area contributed by atoms with Gasteiger partial charge in [0.1, 0.15) is 0 Å². The molecule has 0 saturated carbocycles. The smallest absolute Gasteiger partial charge is 0.255 e. The van der Waals surface area contributed by atoms with Gasteiger partial charge in [0.25, 0.3) is 5.91 Å². The first-order valence-electron chi connectivity index (χ1n) is 7.38. The van der Waals surface area contributed by atoms with Gasteiger partial charge >= 0.3 is 0 Å². The maximum absolute atomic E-state index is 12.5. The van der Waals surface area contributed by atoms with Gasteiger partial charge in [-0.25, -0.2) is 0 Å². The molecule has 1 aromatic heterocycles. The standard InChI is InChI=1S/C17H18N2O2S/c20-16-7-6-14(12-18-16)17(21)19-9-8-15(22-11-10-19)13-4-2-1-3-5-13/h1-7,12,15H,8-11H2,(H,18,20). The first-order valence-corrected chi connectivity index (χ1v) is 8.43. The van der Waals surface area contributed by atoms with Crippen molar-refractivity contribution < 1.29 is 4.79 Å². The third kappa shape index (κ3) is 3.42. The molecule has 0 bridgehead atoms. The summed E-state index contributed by atoms with van der Waals surface area (Å²) in [6.45, 7) is 1.48. The summed E-state index contributed by atoms with van der Waals surface area (Å²) in [6.07, 6.45) is 2.45. The Morgan fingerprint density at radius 1 is 1.14 bits per heavy atom. The molecular weight excluding hydrogens is 296 g/mol. The predicted octanol–water partition coefficient (Wildman–Crippen LogP) is 2.70. The van der Waals surface area contributed by atoms with Gasteiger partial charge in [0, 0.05) is 36.4 Å². The second-order valence-electron chi connectivity index (χ2n) is 5.29. The molecule has 5 heteroatoms. The van der Waals surface area contributed by atoms with E-state index in [9.17, 15) is 9.59 Å². The van der Waals surface area contributed by atoms with Gasteiger partial charge in [-0.05, 0) is 18.1 Å². The monoisotopic (exact) mass is 314 g/mol. The summed E-state index contributed by atoms with van der Waals surface area (Å²) in [5, 5.41) is 0.439. The molecule has 1 atom stereocenters. The molecular formula is C17H18N2O2S. The highest BCUT2D eigenvalue weighted by Crippen LogP contribution is 2.34. The van der Waals surface area contributed by atoms with Crippen LogP contribution in [0.25, 0.3) is 0 Å². The number of carbonyl (C=O) groups excluding carboxylic acids is 1. The molecule has 1 unspecified atom stereocenters. The lowest BCUT2D eigenvalue weighted by Crippen LogP contribution is -2.33. The zero-order valence-corrected chi connectivity index (χ0v) is 13.0. The van der Waals surface area contributed by atoms with Crippen molar-refractivity contribution >= 4 is 17.7 Å². The Hall–Kier alpha value is -2.01. The first kappa shape index (κ1) is 14.9. The zero-order valence-electron chi connectivity index (χ0n) is 12.2. The van der Waals surface area contributed by atoms with E-state index in [2.05, 4.69) is 29.2 Å². The van der Waals surface area contributed by atoms with Crippen LogP contribution in [0.5, 0.6) is 0 Å². The number of thioether (sulfide) groups is 1. The second-order valence-corrected chi connectivity index (χ2v) is 6.60. The van der Waals surface area contributed by atoms with Crippen molar-refractivity contribution in [3.05, 3.63) is 70.1 Å². The number of aromatic amines is 1. The van der Waals surface area contributed by atoms with Crippen molar-refractivity contribution in [2.24, 2.45) is 0 Å². The van der Waals surface area contributed by atoms with Crippen molar-refractivity contribution in [3.8, 4) is 0 Å². The number of hydrogen-bond donors (Lipinski definition) is 1. The van der Waals surface area contributed by atoms with E-state index in [-0.39, 0.29) is 11.5 Å². The number of carbonyl (C=O) groups is 1. The second kappa shape index (κ2) is 6.83. The van der Waals surface area contributed by atoms with Crippen LogP contribution in [-0.2, 0) is 0 Å². The molecule has 114 valence electrons. The molecule has 2 heterocycles. The largest absolute Gasteiger partial charge is 0.338 e. The number of rotatable bonds is 2. The van der Waals surface area contributed by atoms with Gasteiger partial charge in [0.05, 0.1) is 5.56 Å². The lowest BCUT2D eigenvalue weighted by molar-refractivity contribution is 0.0766. The normalized spacial score (nSPS) is 18.7. The number of aromatic nitrogens is 1. The number of benzene rings is 1. The van der Waals surface area contributed by atoms with E-state index < -0.39 is 0 Å². The number of hydrogen-bond acceptors (Lipinski definition) is 3. The fraction of sp³-hybridized carbons (Fsp3) is 0.294. The van der Waals surface area contributed by atoms with Crippen molar-refractivity contribution in [1.29, 1.82) is 0 Å². The van der Waals surface area contributed by atoms with Gasteiger partial charge in [-0.1, -0.05) is 30.3 Å².